The first-order chi connectivity index (χ1) is 12.2. The molecule has 3 aromatic rings. The van der Waals surface area contributed by atoms with E-state index in [1.165, 1.54) is 10.7 Å². The van der Waals surface area contributed by atoms with Gasteiger partial charge in [-0.2, -0.15) is 14.9 Å². The minimum absolute atomic E-state index is 0.149. The normalized spacial score (nSPS) is 10.7. The number of nitrogens with zero attached hydrogens (tertiary/aromatic N) is 3. The molecule has 25 heavy (non-hydrogen) atoms. The van der Waals surface area contributed by atoms with E-state index < -0.39 is 5.82 Å². The molecule has 5 nitrogen and oxygen atoms in total. The standard InChI is InChI=1S/C18H13FN4OS/c1-2-11-24-16-10-6-3-7-13(16)12-20-23-17(21-22-18(23)25)14-8-4-5-9-15(14)19/h1,3-10,12H,11H2,(H,22,25)/b20-12-. The molecule has 124 valence electrons. The third-order valence-electron chi connectivity index (χ3n) is 3.31. The van der Waals surface area contributed by atoms with Crippen LogP contribution in [0.4, 0.5) is 4.39 Å². The van der Waals surface area contributed by atoms with Gasteiger partial charge in [-0.3, -0.25) is 0 Å². The molecule has 0 unspecified atom stereocenters. The summed E-state index contributed by atoms with van der Waals surface area (Å²) in [5.41, 5.74) is 1.00. The van der Waals surface area contributed by atoms with Gasteiger partial charge in [-0.05, 0) is 36.5 Å². The molecule has 0 aliphatic heterocycles. The molecule has 0 amide bonds. The number of nitrogens with one attached hydrogen (secondary N) is 1. The molecule has 0 fully saturated rings. The highest BCUT2D eigenvalue weighted by molar-refractivity contribution is 7.71. The van der Waals surface area contributed by atoms with Crippen LogP contribution in [0.3, 0.4) is 0 Å². The molecular formula is C18H13FN4OS. The summed E-state index contributed by atoms with van der Waals surface area (Å²) in [5, 5.41) is 11.0. The Hall–Kier alpha value is -3.24. The lowest BCUT2D eigenvalue weighted by molar-refractivity contribution is 0.370. The van der Waals surface area contributed by atoms with E-state index in [4.69, 9.17) is 23.4 Å². The number of aromatic nitrogens is 3. The van der Waals surface area contributed by atoms with Crippen molar-refractivity contribution in [2.24, 2.45) is 5.10 Å². The fourth-order valence-electron chi connectivity index (χ4n) is 2.17. The lowest BCUT2D eigenvalue weighted by Gasteiger charge is -2.06. The van der Waals surface area contributed by atoms with Crippen LogP contribution < -0.4 is 4.74 Å². The van der Waals surface area contributed by atoms with Gasteiger partial charge in [0.05, 0.1) is 11.8 Å². The van der Waals surface area contributed by atoms with Crippen molar-refractivity contribution in [3.8, 4) is 29.5 Å². The number of rotatable bonds is 5. The Morgan fingerprint density at radius 3 is 2.84 bits per heavy atom. The van der Waals surface area contributed by atoms with Gasteiger partial charge in [0.25, 0.3) is 0 Å². The van der Waals surface area contributed by atoms with Gasteiger partial charge in [0.15, 0.2) is 5.82 Å². The number of hydrogen-bond acceptors (Lipinski definition) is 4. The Morgan fingerprint density at radius 1 is 1.28 bits per heavy atom. The topological polar surface area (TPSA) is 55.2 Å². The summed E-state index contributed by atoms with van der Waals surface area (Å²) >= 11 is 5.19. The molecule has 0 aliphatic rings. The zero-order chi connectivity index (χ0) is 17.6. The van der Waals surface area contributed by atoms with Crippen LogP contribution >= 0.6 is 12.2 Å². The van der Waals surface area contributed by atoms with Gasteiger partial charge in [-0.25, -0.2) is 9.49 Å². The van der Waals surface area contributed by atoms with Crippen LogP contribution in [-0.2, 0) is 0 Å². The van der Waals surface area contributed by atoms with E-state index in [1.54, 1.807) is 30.5 Å². The lowest BCUT2D eigenvalue weighted by Crippen LogP contribution is -1.99. The maximum absolute atomic E-state index is 14.0. The van der Waals surface area contributed by atoms with E-state index in [-0.39, 0.29) is 17.2 Å². The second kappa shape index (κ2) is 7.55. The van der Waals surface area contributed by atoms with Crippen molar-refractivity contribution in [3.63, 3.8) is 0 Å². The van der Waals surface area contributed by atoms with Crippen LogP contribution in [0.25, 0.3) is 11.4 Å². The summed E-state index contributed by atoms with van der Waals surface area (Å²) in [5.74, 6) is 2.87. The van der Waals surface area contributed by atoms with Crippen LogP contribution in [-0.4, -0.2) is 27.7 Å². The highest BCUT2D eigenvalue weighted by Crippen LogP contribution is 2.21. The first kappa shape index (κ1) is 16.6. The quantitative estimate of drug-likeness (QED) is 0.433. The van der Waals surface area contributed by atoms with E-state index in [0.29, 0.717) is 16.9 Å². The molecular weight excluding hydrogens is 339 g/mol. The summed E-state index contributed by atoms with van der Waals surface area (Å²) in [7, 11) is 0. The number of benzene rings is 2. The van der Waals surface area contributed by atoms with Crippen LogP contribution in [0, 0.1) is 22.9 Å². The first-order valence-corrected chi connectivity index (χ1v) is 7.73. The molecule has 7 heteroatoms. The molecule has 0 radical (unpaired) electrons. The van der Waals surface area contributed by atoms with Crippen molar-refractivity contribution in [1.82, 2.24) is 14.9 Å². The predicted molar refractivity (Wildman–Crippen MR) is 96.6 cm³/mol. The lowest BCUT2D eigenvalue weighted by atomic mass is 10.2. The summed E-state index contributed by atoms with van der Waals surface area (Å²) < 4.78 is 21.1. The minimum atomic E-state index is -0.411. The van der Waals surface area contributed by atoms with E-state index in [2.05, 4.69) is 21.2 Å². The van der Waals surface area contributed by atoms with Crippen molar-refractivity contribution in [2.75, 3.05) is 6.61 Å². The third-order valence-corrected chi connectivity index (χ3v) is 3.57. The second-order valence-electron chi connectivity index (χ2n) is 4.92. The number of halogens is 1. The van der Waals surface area contributed by atoms with Crippen LogP contribution in [0.15, 0.2) is 53.6 Å². The van der Waals surface area contributed by atoms with Crippen LogP contribution in [0.1, 0.15) is 5.56 Å². The zero-order valence-electron chi connectivity index (χ0n) is 13.0. The van der Waals surface area contributed by atoms with Gasteiger partial charge >= 0.3 is 0 Å². The summed E-state index contributed by atoms with van der Waals surface area (Å²) in [4.78, 5) is 0. The molecule has 0 atom stereocenters. The third kappa shape index (κ3) is 3.65. The number of para-hydroxylation sites is 1. The maximum Gasteiger partial charge on any atom is 0.216 e. The van der Waals surface area contributed by atoms with Crippen molar-refractivity contribution in [1.29, 1.82) is 0 Å². The fourth-order valence-corrected chi connectivity index (χ4v) is 2.35. The maximum atomic E-state index is 14.0. The number of ether oxygens (including phenoxy) is 1. The van der Waals surface area contributed by atoms with E-state index in [9.17, 15) is 4.39 Å². The fraction of sp³-hybridized carbons (Fsp3) is 0.0556. The van der Waals surface area contributed by atoms with Gasteiger partial charge in [0.2, 0.25) is 4.77 Å². The molecule has 0 aliphatic carbocycles. The molecule has 1 heterocycles. The smallest absolute Gasteiger partial charge is 0.216 e. The Bertz CT molecular complexity index is 1020. The summed E-state index contributed by atoms with van der Waals surface area (Å²) in [6, 6.07) is 13.6. The SMILES string of the molecule is C#CCOc1ccccc1/C=N\n1c(-c2ccccc2F)n[nH]c1=S. The Labute approximate surface area is 148 Å². The molecule has 1 aromatic heterocycles. The van der Waals surface area contributed by atoms with Gasteiger partial charge < -0.3 is 4.74 Å². The Balaban J connectivity index is 1.99. The van der Waals surface area contributed by atoms with Crippen LogP contribution in [0.2, 0.25) is 0 Å². The highest BCUT2D eigenvalue weighted by atomic mass is 32.1. The van der Waals surface area contributed by atoms with Crippen molar-refractivity contribution in [2.45, 2.75) is 0 Å². The number of aromatic amines is 1. The van der Waals surface area contributed by atoms with Crippen molar-refractivity contribution < 1.29 is 9.13 Å². The average molecular weight is 352 g/mol. The first-order valence-electron chi connectivity index (χ1n) is 7.32. The average Bonchev–Trinajstić information content (AvgIpc) is 2.99. The predicted octanol–water partition coefficient (Wildman–Crippen LogP) is 3.64. The molecule has 3 rings (SSSR count). The zero-order valence-corrected chi connectivity index (χ0v) is 13.8. The molecule has 0 bridgehead atoms. The monoisotopic (exact) mass is 352 g/mol. The Kier molecular flexibility index (Phi) is 5.02. The van der Waals surface area contributed by atoms with Gasteiger partial charge in [0, 0.05) is 5.56 Å². The number of terminal acetylenes is 1. The van der Waals surface area contributed by atoms with E-state index in [0.717, 1.165) is 0 Å². The molecule has 0 saturated carbocycles. The second-order valence-corrected chi connectivity index (χ2v) is 5.31. The van der Waals surface area contributed by atoms with Crippen LogP contribution in [0.5, 0.6) is 5.75 Å². The van der Waals surface area contributed by atoms with Gasteiger partial charge in [-0.1, -0.05) is 30.2 Å². The molecule has 0 spiro atoms. The highest BCUT2D eigenvalue weighted by Gasteiger charge is 2.12. The number of H-pyrrole nitrogens is 1. The van der Waals surface area contributed by atoms with Gasteiger partial charge in [0.1, 0.15) is 18.2 Å². The number of hydrogen-bond donors (Lipinski definition) is 1. The van der Waals surface area contributed by atoms with E-state index in [1.807, 2.05) is 18.2 Å². The van der Waals surface area contributed by atoms with Crippen molar-refractivity contribution >= 4 is 18.4 Å². The molecule has 2 aromatic carbocycles. The molecule has 1 N–H and O–H groups in total. The minimum Gasteiger partial charge on any atom is -0.480 e. The van der Waals surface area contributed by atoms with E-state index >= 15 is 0 Å². The molecule has 0 saturated heterocycles. The summed E-state index contributed by atoms with van der Waals surface area (Å²) in [6.07, 6.45) is 6.78. The van der Waals surface area contributed by atoms with Crippen molar-refractivity contribution in [3.05, 3.63) is 64.7 Å². The summed E-state index contributed by atoms with van der Waals surface area (Å²) in [6.45, 7) is 0.149. The largest absolute Gasteiger partial charge is 0.480 e. The van der Waals surface area contributed by atoms with Gasteiger partial charge in [-0.15, -0.1) is 6.42 Å². The Morgan fingerprint density at radius 2 is 2.04 bits per heavy atom.